The molecule has 0 unspecified atom stereocenters. The Kier molecular flexibility index (Phi) is 3.47. The number of esters is 1. The second-order valence-corrected chi connectivity index (χ2v) is 5.84. The molecular weight excluding hydrogens is 254 g/mol. The predicted octanol–water partition coefficient (Wildman–Crippen LogP) is 2.85. The number of nitrogens with one attached hydrogen (secondary N) is 1. The van der Waals surface area contributed by atoms with Crippen molar-refractivity contribution in [3.8, 4) is 0 Å². The van der Waals surface area contributed by atoms with Crippen LogP contribution in [0.2, 0.25) is 0 Å². The number of rotatable bonds is 3. The molecule has 4 nitrogen and oxygen atoms in total. The van der Waals surface area contributed by atoms with Gasteiger partial charge in [0.2, 0.25) is 5.91 Å². The van der Waals surface area contributed by atoms with Crippen molar-refractivity contribution < 1.29 is 14.3 Å². The quantitative estimate of drug-likeness (QED) is 0.862. The Hall–Kier alpha value is -1.84. The number of carbonyl (C=O) groups excluding carboxylic acids is 2. The lowest BCUT2D eigenvalue weighted by atomic mass is 9.88. The number of hydrogen-bond acceptors (Lipinski definition) is 3. The smallest absolute Gasteiger partial charge is 0.337 e. The summed E-state index contributed by atoms with van der Waals surface area (Å²) in [5.41, 5.74) is 1.23. The van der Waals surface area contributed by atoms with E-state index in [0.29, 0.717) is 11.5 Å². The highest BCUT2D eigenvalue weighted by Gasteiger charge is 2.42. The molecule has 0 saturated heterocycles. The van der Waals surface area contributed by atoms with Crippen LogP contribution in [0, 0.1) is 17.8 Å². The van der Waals surface area contributed by atoms with Crippen molar-refractivity contribution in [1.29, 1.82) is 0 Å². The number of methoxy groups -OCH3 is 1. The van der Waals surface area contributed by atoms with Crippen molar-refractivity contribution >= 4 is 17.6 Å². The zero-order valence-electron chi connectivity index (χ0n) is 11.6. The molecule has 2 saturated carbocycles. The molecule has 2 aliphatic rings. The van der Waals surface area contributed by atoms with Gasteiger partial charge in [-0.3, -0.25) is 4.79 Å². The first-order valence-electron chi connectivity index (χ1n) is 7.16. The van der Waals surface area contributed by atoms with Crippen LogP contribution in [0.3, 0.4) is 0 Å². The molecule has 1 aromatic carbocycles. The third-order valence-electron chi connectivity index (χ3n) is 4.65. The number of anilines is 1. The molecule has 3 atom stereocenters. The number of benzene rings is 1. The van der Waals surface area contributed by atoms with Gasteiger partial charge in [0, 0.05) is 11.6 Å². The molecule has 0 radical (unpaired) electrons. The standard InChI is InChI=1S/C16H19NO3/c1-20-16(19)11-4-6-13(7-5-11)17-15(18)14-9-10-2-3-12(14)8-10/h4-7,10,12,14H,2-3,8-9H2,1H3,(H,17,18)/t10-,12-,14+/m1/s1. The average Bonchev–Trinajstić information content (AvgIpc) is 3.10. The molecule has 106 valence electrons. The van der Waals surface area contributed by atoms with Crippen molar-refractivity contribution in [1.82, 2.24) is 0 Å². The molecule has 1 N–H and O–H groups in total. The van der Waals surface area contributed by atoms with Gasteiger partial charge in [0.25, 0.3) is 0 Å². The number of amides is 1. The zero-order valence-corrected chi connectivity index (χ0v) is 11.6. The van der Waals surface area contributed by atoms with Gasteiger partial charge in [-0.2, -0.15) is 0 Å². The summed E-state index contributed by atoms with van der Waals surface area (Å²) in [6, 6.07) is 6.83. The Labute approximate surface area is 118 Å². The number of fused-ring (bicyclic) bond motifs is 2. The molecule has 0 aromatic heterocycles. The third kappa shape index (κ3) is 2.42. The van der Waals surface area contributed by atoms with E-state index < -0.39 is 0 Å². The molecule has 0 heterocycles. The zero-order chi connectivity index (χ0) is 14.1. The molecule has 3 rings (SSSR count). The molecule has 0 aliphatic heterocycles. The van der Waals surface area contributed by atoms with E-state index in [0.717, 1.165) is 18.0 Å². The molecule has 20 heavy (non-hydrogen) atoms. The first-order valence-corrected chi connectivity index (χ1v) is 7.16. The van der Waals surface area contributed by atoms with Crippen LogP contribution in [0.25, 0.3) is 0 Å². The summed E-state index contributed by atoms with van der Waals surface area (Å²) in [5, 5.41) is 2.96. The predicted molar refractivity (Wildman–Crippen MR) is 75.3 cm³/mol. The highest BCUT2D eigenvalue weighted by molar-refractivity contribution is 5.94. The highest BCUT2D eigenvalue weighted by atomic mass is 16.5. The van der Waals surface area contributed by atoms with Gasteiger partial charge < -0.3 is 10.1 Å². The van der Waals surface area contributed by atoms with Crippen LogP contribution in [0.1, 0.15) is 36.0 Å². The molecule has 2 fully saturated rings. The summed E-state index contributed by atoms with van der Waals surface area (Å²) < 4.78 is 4.65. The van der Waals surface area contributed by atoms with E-state index in [-0.39, 0.29) is 17.8 Å². The minimum atomic E-state index is -0.365. The van der Waals surface area contributed by atoms with Gasteiger partial charge in [0.05, 0.1) is 12.7 Å². The first-order chi connectivity index (χ1) is 9.67. The lowest BCUT2D eigenvalue weighted by Crippen LogP contribution is -2.27. The summed E-state index contributed by atoms with van der Waals surface area (Å²) in [4.78, 5) is 23.6. The molecule has 4 heteroatoms. The maximum absolute atomic E-state index is 12.3. The number of carbonyl (C=O) groups is 2. The fourth-order valence-corrected chi connectivity index (χ4v) is 3.61. The lowest BCUT2D eigenvalue weighted by molar-refractivity contribution is -0.121. The van der Waals surface area contributed by atoms with Gasteiger partial charge >= 0.3 is 5.97 Å². The van der Waals surface area contributed by atoms with Gasteiger partial charge in [-0.25, -0.2) is 4.79 Å². The topological polar surface area (TPSA) is 55.4 Å². The Balaban J connectivity index is 1.63. The van der Waals surface area contributed by atoms with Crippen molar-refractivity contribution in [2.24, 2.45) is 17.8 Å². The van der Waals surface area contributed by atoms with Gasteiger partial charge in [0.1, 0.15) is 0 Å². The molecule has 0 spiro atoms. The fourth-order valence-electron chi connectivity index (χ4n) is 3.61. The van der Waals surface area contributed by atoms with Crippen LogP contribution in [0.4, 0.5) is 5.69 Å². The molecule has 2 bridgehead atoms. The van der Waals surface area contributed by atoms with Crippen LogP contribution in [-0.2, 0) is 9.53 Å². The molecule has 1 aromatic rings. The van der Waals surface area contributed by atoms with E-state index in [2.05, 4.69) is 10.1 Å². The maximum Gasteiger partial charge on any atom is 0.337 e. The van der Waals surface area contributed by atoms with Crippen molar-refractivity contribution in [3.05, 3.63) is 29.8 Å². The van der Waals surface area contributed by atoms with Crippen LogP contribution in [0.15, 0.2) is 24.3 Å². The van der Waals surface area contributed by atoms with Crippen molar-refractivity contribution in [2.45, 2.75) is 25.7 Å². The minimum Gasteiger partial charge on any atom is -0.465 e. The third-order valence-corrected chi connectivity index (χ3v) is 4.65. The highest BCUT2D eigenvalue weighted by Crippen LogP contribution is 2.48. The summed E-state index contributed by atoms with van der Waals surface area (Å²) in [6.45, 7) is 0. The number of hydrogen-bond donors (Lipinski definition) is 1. The normalized spacial score (nSPS) is 27.4. The Morgan fingerprint density at radius 1 is 1.15 bits per heavy atom. The summed E-state index contributed by atoms with van der Waals surface area (Å²) >= 11 is 0. The van der Waals surface area contributed by atoms with E-state index in [4.69, 9.17) is 0 Å². The summed E-state index contributed by atoms with van der Waals surface area (Å²) in [6.07, 6.45) is 4.75. The summed E-state index contributed by atoms with van der Waals surface area (Å²) in [5.74, 6) is 1.28. The van der Waals surface area contributed by atoms with E-state index in [1.807, 2.05) is 0 Å². The van der Waals surface area contributed by atoms with E-state index in [9.17, 15) is 9.59 Å². The molecule has 2 aliphatic carbocycles. The van der Waals surface area contributed by atoms with Gasteiger partial charge in [-0.15, -0.1) is 0 Å². The Morgan fingerprint density at radius 3 is 2.45 bits per heavy atom. The van der Waals surface area contributed by atoms with Gasteiger partial charge in [-0.1, -0.05) is 6.42 Å². The Bertz CT molecular complexity index is 523. The van der Waals surface area contributed by atoms with Crippen LogP contribution < -0.4 is 5.32 Å². The van der Waals surface area contributed by atoms with Crippen LogP contribution >= 0.6 is 0 Å². The van der Waals surface area contributed by atoms with E-state index in [1.54, 1.807) is 24.3 Å². The second kappa shape index (κ2) is 5.27. The minimum absolute atomic E-state index is 0.128. The lowest BCUT2D eigenvalue weighted by Gasteiger charge is -2.20. The van der Waals surface area contributed by atoms with Crippen molar-refractivity contribution in [3.63, 3.8) is 0 Å². The average molecular weight is 273 g/mol. The molecule has 1 amide bonds. The largest absolute Gasteiger partial charge is 0.465 e. The Morgan fingerprint density at radius 2 is 1.90 bits per heavy atom. The van der Waals surface area contributed by atoms with Gasteiger partial charge in [0.15, 0.2) is 0 Å². The number of ether oxygens (including phenoxy) is 1. The van der Waals surface area contributed by atoms with E-state index in [1.165, 1.54) is 26.4 Å². The summed E-state index contributed by atoms with van der Waals surface area (Å²) in [7, 11) is 1.35. The maximum atomic E-state index is 12.3. The van der Waals surface area contributed by atoms with Gasteiger partial charge in [-0.05, 0) is 55.4 Å². The molecular formula is C16H19NO3. The van der Waals surface area contributed by atoms with Crippen LogP contribution in [0.5, 0.6) is 0 Å². The van der Waals surface area contributed by atoms with Crippen molar-refractivity contribution in [2.75, 3.05) is 12.4 Å². The second-order valence-electron chi connectivity index (χ2n) is 5.84. The first kappa shape index (κ1) is 13.2. The fraction of sp³-hybridized carbons (Fsp3) is 0.500. The van der Waals surface area contributed by atoms with Crippen LogP contribution in [-0.4, -0.2) is 19.0 Å². The monoisotopic (exact) mass is 273 g/mol. The van der Waals surface area contributed by atoms with E-state index >= 15 is 0 Å². The SMILES string of the molecule is COC(=O)c1ccc(NC(=O)[C@H]2C[C@@H]3CC[C@@H]2C3)cc1.